The number of fused-ring (bicyclic) bond motifs is 1. The Morgan fingerprint density at radius 2 is 2.21 bits per heavy atom. The second kappa shape index (κ2) is 4.64. The first-order valence-electron chi connectivity index (χ1n) is 4.02. The molecule has 2 aliphatic rings. The number of nitrogens with zero attached hydrogens (tertiary/aromatic N) is 1. The molecule has 2 heterocycles. The van der Waals surface area contributed by atoms with E-state index in [4.69, 9.17) is 0 Å². The van der Waals surface area contributed by atoms with Crippen LogP contribution < -0.4 is 34.7 Å². The smallest absolute Gasteiger partial charge is 0.545 e. The Kier molecular flexibility index (Phi) is 3.75. The Morgan fingerprint density at radius 1 is 1.43 bits per heavy atom. The standard InChI is InChI=1S/C10H9NO2.Na/c12-10(13)8-4-6-11-5-2-1-3-9(11)7-8;/h1-5,7H,6H2,(H,12,13);/q;+1/p-1. The zero-order valence-corrected chi connectivity index (χ0v) is 9.93. The minimum Gasteiger partial charge on any atom is -0.545 e. The summed E-state index contributed by atoms with van der Waals surface area (Å²) in [6, 6.07) is 0. The second-order valence-corrected chi connectivity index (χ2v) is 2.87. The van der Waals surface area contributed by atoms with Crippen molar-refractivity contribution in [1.29, 1.82) is 0 Å². The predicted octanol–water partition coefficient (Wildman–Crippen LogP) is -3.05. The minimum atomic E-state index is -1.12. The zero-order chi connectivity index (χ0) is 9.26. The molecule has 0 bridgehead atoms. The number of carbonyl (C=O) groups is 1. The van der Waals surface area contributed by atoms with Gasteiger partial charge in [0.2, 0.25) is 0 Å². The van der Waals surface area contributed by atoms with Gasteiger partial charge in [-0.3, -0.25) is 0 Å². The molecule has 0 fully saturated rings. The van der Waals surface area contributed by atoms with Gasteiger partial charge in [0.15, 0.2) is 0 Å². The van der Waals surface area contributed by atoms with E-state index in [1.54, 1.807) is 12.2 Å². The second-order valence-electron chi connectivity index (χ2n) is 2.87. The number of hydrogen-bond donors (Lipinski definition) is 0. The SMILES string of the molecule is O=C([O-])C1=CCN2C=CC=CC2=C1.[Na+]. The van der Waals surface area contributed by atoms with Gasteiger partial charge in [0.1, 0.15) is 0 Å². The third kappa shape index (κ3) is 2.18. The van der Waals surface area contributed by atoms with E-state index < -0.39 is 5.97 Å². The van der Waals surface area contributed by atoms with Crippen LogP contribution in [-0.2, 0) is 4.79 Å². The maximum absolute atomic E-state index is 10.5. The van der Waals surface area contributed by atoms with E-state index in [0.29, 0.717) is 6.54 Å². The van der Waals surface area contributed by atoms with Crippen molar-refractivity contribution in [3.8, 4) is 0 Å². The van der Waals surface area contributed by atoms with Gasteiger partial charge in [-0.05, 0) is 23.8 Å². The Hall–Kier alpha value is -0.770. The van der Waals surface area contributed by atoms with Gasteiger partial charge in [-0.2, -0.15) is 0 Å². The van der Waals surface area contributed by atoms with Gasteiger partial charge in [-0.1, -0.05) is 12.2 Å². The Bertz CT molecular complexity index is 366. The van der Waals surface area contributed by atoms with Crippen molar-refractivity contribution < 1.29 is 39.5 Å². The molecule has 66 valence electrons. The summed E-state index contributed by atoms with van der Waals surface area (Å²) in [5.74, 6) is -1.12. The Balaban J connectivity index is 0.000000980. The summed E-state index contributed by atoms with van der Waals surface area (Å²) < 4.78 is 0. The zero-order valence-electron chi connectivity index (χ0n) is 7.93. The van der Waals surface area contributed by atoms with Crippen molar-refractivity contribution in [3.63, 3.8) is 0 Å². The summed E-state index contributed by atoms with van der Waals surface area (Å²) in [6.07, 6.45) is 10.8. The van der Waals surface area contributed by atoms with Gasteiger partial charge >= 0.3 is 29.6 Å². The molecule has 0 saturated carbocycles. The summed E-state index contributed by atoms with van der Waals surface area (Å²) in [5.41, 5.74) is 1.15. The maximum atomic E-state index is 10.5. The van der Waals surface area contributed by atoms with Gasteiger partial charge < -0.3 is 14.8 Å². The molecule has 0 aliphatic carbocycles. The van der Waals surface area contributed by atoms with Crippen molar-refractivity contribution in [1.82, 2.24) is 4.90 Å². The molecule has 0 spiro atoms. The van der Waals surface area contributed by atoms with Crippen LogP contribution in [0.4, 0.5) is 0 Å². The molecule has 0 radical (unpaired) electrons. The van der Waals surface area contributed by atoms with Crippen LogP contribution in [-0.4, -0.2) is 17.4 Å². The predicted molar refractivity (Wildman–Crippen MR) is 46.2 cm³/mol. The molecule has 2 rings (SSSR count). The van der Waals surface area contributed by atoms with Crippen LogP contribution in [0.3, 0.4) is 0 Å². The minimum absolute atomic E-state index is 0. The average molecular weight is 197 g/mol. The van der Waals surface area contributed by atoms with Crippen LogP contribution in [0.15, 0.2) is 47.9 Å². The van der Waals surface area contributed by atoms with E-state index in [0.717, 1.165) is 5.70 Å². The first-order chi connectivity index (χ1) is 6.27. The molecule has 0 aromatic rings. The Morgan fingerprint density at radius 3 is 2.93 bits per heavy atom. The molecule has 0 amide bonds. The number of allylic oxidation sites excluding steroid dienone is 3. The quantitative estimate of drug-likeness (QED) is 0.419. The number of carboxylic acid groups (broad SMARTS) is 1. The van der Waals surface area contributed by atoms with Crippen LogP contribution in [0.2, 0.25) is 0 Å². The van der Waals surface area contributed by atoms with Crippen molar-refractivity contribution in [2.45, 2.75) is 0 Å². The molecule has 0 unspecified atom stereocenters. The van der Waals surface area contributed by atoms with Crippen LogP contribution in [0.5, 0.6) is 0 Å². The molecule has 2 aliphatic heterocycles. The van der Waals surface area contributed by atoms with Crippen molar-refractivity contribution in [2.75, 3.05) is 6.54 Å². The van der Waals surface area contributed by atoms with E-state index in [2.05, 4.69) is 0 Å². The fourth-order valence-electron chi connectivity index (χ4n) is 1.34. The van der Waals surface area contributed by atoms with E-state index in [1.807, 2.05) is 29.3 Å². The molecule has 0 atom stereocenters. The molecule has 0 saturated heterocycles. The summed E-state index contributed by atoms with van der Waals surface area (Å²) in [6.45, 7) is 0.593. The Labute approximate surface area is 104 Å². The van der Waals surface area contributed by atoms with E-state index in [9.17, 15) is 9.90 Å². The first kappa shape index (κ1) is 11.3. The molecule has 3 nitrogen and oxygen atoms in total. The normalized spacial score (nSPS) is 17.9. The third-order valence-electron chi connectivity index (χ3n) is 2.02. The summed E-state index contributed by atoms with van der Waals surface area (Å²) in [4.78, 5) is 12.5. The largest absolute Gasteiger partial charge is 1.00 e. The monoisotopic (exact) mass is 197 g/mol. The van der Waals surface area contributed by atoms with Gasteiger partial charge in [0, 0.05) is 18.4 Å². The van der Waals surface area contributed by atoms with E-state index in [1.165, 1.54) is 0 Å². The average Bonchev–Trinajstić information content (AvgIpc) is 2.17. The van der Waals surface area contributed by atoms with Gasteiger partial charge in [0.25, 0.3) is 0 Å². The fraction of sp³-hybridized carbons (Fsp3) is 0.100. The molecular weight excluding hydrogens is 189 g/mol. The van der Waals surface area contributed by atoms with Crippen LogP contribution in [0.1, 0.15) is 0 Å². The number of carboxylic acids is 1. The molecule has 0 aromatic heterocycles. The van der Waals surface area contributed by atoms with Crippen LogP contribution in [0.25, 0.3) is 0 Å². The van der Waals surface area contributed by atoms with E-state index in [-0.39, 0.29) is 35.1 Å². The maximum Gasteiger partial charge on any atom is 1.00 e. The summed E-state index contributed by atoms with van der Waals surface area (Å²) in [7, 11) is 0. The van der Waals surface area contributed by atoms with Crippen molar-refractivity contribution in [2.24, 2.45) is 0 Å². The van der Waals surface area contributed by atoms with Gasteiger partial charge in [0.05, 0.1) is 5.97 Å². The molecule has 14 heavy (non-hydrogen) atoms. The van der Waals surface area contributed by atoms with Gasteiger partial charge in [-0.25, -0.2) is 0 Å². The fourth-order valence-corrected chi connectivity index (χ4v) is 1.34. The van der Waals surface area contributed by atoms with Crippen molar-refractivity contribution in [3.05, 3.63) is 47.9 Å². The summed E-state index contributed by atoms with van der Waals surface area (Å²) >= 11 is 0. The molecular formula is C10H8NNaO2. The number of aliphatic carboxylic acids is 1. The molecule has 0 aromatic carbocycles. The number of hydrogen-bond acceptors (Lipinski definition) is 3. The van der Waals surface area contributed by atoms with Crippen LogP contribution in [0, 0.1) is 0 Å². The topological polar surface area (TPSA) is 43.4 Å². The molecule has 4 heteroatoms. The first-order valence-corrected chi connectivity index (χ1v) is 4.02. The van der Waals surface area contributed by atoms with Gasteiger partial charge in [-0.15, -0.1) is 0 Å². The number of rotatable bonds is 1. The third-order valence-corrected chi connectivity index (χ3v) is 2.02. The van der Waals surface area contributed by atoms with Crippen LogP contribution >= 0.6 is 0 Å². The van der Waals surface area contributed by atoms with Crippen molar-refractivity contribution >= 4 is 5.97 Å². The number of carbonyl (C=O) groups excluding carboxylic acids is 1. The molecule has 0 N–H and O–H groups in total. The summed E-state index contributed by atoms with van der Waals surface area (Å²) in [5, 5.41) is 10.5. The van der Waals surface area contributed by atoms with E-state index >= 15 is 0 Å².